The quantitative estimate of drug-likeness (QED) is 0.0560. The molecule has 1 unspecified atom stereocenters. The monoisotopic (exact) mass is 637 g/mol. The predicted octanol–water partition coefficient (Wildman–Crippen LogP) is 11.1. The third kappa shape index (κ3) is 25.5. The molecule has 0 spiro atoms. The van der Waals surface area contributed by atoms with Crippen LogP contribution in [0.4, 0.5) is 4.79 Å². The van der Waals surface area contributed by atoms with Crippen LogP contribution in [-0.4, -0.2) is 68.3 Å². The van der Waals surface area contributed by atoms with Crippen molar-refractivity contribution in [2.75, 3.05) is 46.4 Å². The molecule has 1 heterocycles. The summed E-state index contributed by atoms with van der Waals surface area (Å²) in [6, 6.07) is 0. The number of rotatable bonds is 31. The number of esters is 1. The Morgan fingerprint density at radius 2 is 1.13 bits per heavy atom. The van der Waals surface area contributed by atoms with Crippen molar-refractivity contribution in [1.82, 2.24) is 9.80 Å². The van der Waals surface area contributed by atoms with E-state index in [4.69, 9.17) is 9.47 Å². The van der Waals surface area contributed by atoms with Crippen LogP contribution in [0.5, 0.6) is 0 Å². The summed E-state index contributed by atoms with van der Waals surface area (Å²) in [5.41, 5.74) is 0. The summed E-state index contributed by atoms with van der Waals surface area (Å²) < 4.78 is 10.2. The molecule has 0 aromatic heterocycles. The van der Waals surface area contributed by atoms with Gasteiger partial charge in [0.2, 0.25) is 0 Å². The lowest BCUT2D eigenvalue weighted by Gasteiger charge is -2.33. The topological polar surface area (TPSA) is 59.1 Å². The minimum Gasteiger partial charge on any atom is -0.469 e. The molecule has 0 N–H and O–H groups in total. The molecule has 6 heteroatoms. The molecule has 6 nitrogen and oxygen atoms in total. The van der Waals surface area contributed by atoms with Crippen LogP contribution in [-0.2, 0) is 14.3 Å². The number of unbranched alkanes of at least 4 members (excludes halogenated alkanes) is 20. The Labute approximate surface area is 280 Å². The number of methoxy groups -OCH3 is 1. The van der Waals surface area contributed by atoms with Crippen molar-refractivity contribution in [2.24, 2.45) is 5.92 Å². The van der Waals surface area contributed by atoms with E-state index in [-0.39, 0.29) is 12.1 Å². The summed E-state index contributed by atoms with van der Waals surface area (Å²) in [6.45, 7) is 10.3. The Morgan fingerprint density at radius 3 is 1.64 bits per heavy atom. The first-order valence-corrected chi connectivity index (χ1v) is 19.8. The minimum absolute atomic E-state index is 0.0777. The number of hydrogen-bond donors (Lipinski definition) is 0. The van der Waals surface area contributed by atoms with E-state index < -0.39 is 0 Å². The lowest BCUT2D eigenvalue weighted by Crippen LogP contribution is -2.41. The van der Waals surface area contributed by atoms with Gasteiger partial charge in [-0.1, -0.05) is 136 Å². The average Bonchev–Trinajstić information content (AvgIpc) is 3.06. The van der Waals surface area contributed by atoms with E-state index in [0.29, 0.717) is 18.9 Å². The first-order chi connectivity index (χ1) is 22.1. The van der Waals surface area contributed by atoms with Crippen molar-refractivity contribution in [3.8, 4) is 0 Å². The highest BCUT2D eigenvalue weighted by molar-refractivity contribution is 5.69. The Balaban J connectivity index is 2.28. The Kier molecular flexibility index (Phi) is 29.0. The van der Waals surface area contributed by atoms with Gasteiger partial charge in [0.15, 0.2) is 0 Å². The fraction of sp³-hybridized carbons (Fsp3) is 0.949. The van der Waals surface area contributed by atoms with Gasteiger partial charge >= 0.3 is 12.1 Å². The molecule has 1 rings (SSSR count). The van der Waals surface area contributed by atoms with Gasteiger partial charge in [0, 0.05) is 19.5 Å². The molecule has 0 radical (unpaired) electrons. The van der Waals surface area contributed by atoms with Crippen molar-refractivity contribution in [1.29, 1.82) is 0 Å². The van der Waals surface area contributed by atoms with Crippen molar-refractivity contribution in [3.05, 3.63) is 0 Å². The van der Waals surface area contributed by atoms with E-state index >= 15 is 0 Å². The molecule has 0 aromatic carbocycles. The summed E-state index contributed by atoms with van der Waals surface area (Å²) >= 11 is 0. The molecule has 1 amide bonds. The number of carbonyl (C=O) groups excluding carboxylic acids is 2. The highest BCUT2D eigenvalue weighted by Gasteiger charge is 2.25. The maximum Gasteiger partial charge on any atom is 0.409 e. The average molecular weight is 637 g/mol. The van der Waals surface area contributed by atoms with Crippen LogP contribution < -0.4 is 0 Å². The van der Waals surface area contributed by atoms with Gasteiger partial charge in [-0.2, -0.15) is 0 Å². The Bertz CT molecular complexity index is 673. The summed E-state index contributed by atoms with van der Waals surface area (Å²) in [6.07, 6.45) is 34.1. The second kappa shape index (κ2) is 31.3. The maximum absolute atomic E-state index is 12.5. The molecule has 1 aliphatic heterocycles. The van der Waals surface area contributed by atoms with Gasteiger partial charge in [-0.15, -0.1) is 0 Å². The molecule has 1 aliphatic rings. The Hall–Kier alpha value is -1.30. The van der Waals surface area contributed by atoms with Crippen LogP contribution in [0.25, 0.3) is 0 Å². The summed E-state index contributed by atoms with van der Waals surface area (Å²) in [5.74, 6) is 0.528. The number of hydrogen-bond acceptors (Lipinski definition) is 5. The zero-order valence-electron chi connectivity index (χ0n) is 30.4. The molecule has 1 atom stereocenters. The summed E-state index contributed by atoms with van der Waals surface area (Å²) in [5, 5.41) is 0. The van der Waals surface area contributed by atoms with Crippen LogP contribution in [0.15, 0.2) is 0 Å². The van der Waals surface area contributed by atoms with Crippen LogP contribution in [0.3, 0.4) is 0 Å². The standard InChI is InChI=1S/C39H76N2O4/c1-4-6-8-9-10-11-12-13-16-19-22-25-31-40(32-26-23-20-17-14-15-18-21-24-29-38(42)44-3)34-30-37-28-27-33-41(36-37)39(43)45-35-7-5-2/h37H,4-36H2,1-3H3. The zero-order chi connectivity index (χ0) is 32.6. The molecule has 0 aromatic rings. The Morgan fingerprint density at radius 1 is 0.644 bits per heavy atom. The number of piperidine rings is 1. The molecular weight excluding hydrogens is 560 g/mol. The van der Waals surface area contributed by atoms with Gasteiger partial charge in [-0.05, 0) is 70.5 Å². The summed E-state index contributed by atoms with van der Waals surface area (Å²) in [4.78, 5) is 28.5. The number of amides is 1. The molecule has 1 fully saturated rings. The third-order valence-electron chi connectivity index (χ3n) is 9.77. The van der Waals surface area contributed by atoms with E-state index in [0.717, 1.165) is 45.2 Å². The van der Waals surface area contributed by atoms with Crippen molar-refractivity contribution in [2.45, 2.75) is 187 Å². The first-order valence-electron chi connectivity index (χ1n) is 19.8. The molecule has 0 bridgehead atoms. The van der Waals surface area contributed by atoms with E-state index in [1.54, 1.807) is 0 Å². The zero-order valence-corrected chi connectivity index (χ0v) is 30.4. The van der Waals surface area contributed by atoms with Crippen LogP contribution in [0, 0.1) is 5.92 Å². The van der Waals surface area contributed by atoms with Crippen molar-refractivity contribution in [3.63, 3.8) is 0 Å². The van der Waals surface area contributed by atoms with Crippen LogP contribution >= 0.6 is 0 Å². The van der Waals surface area contributed by atoms with Gasteiger partial charge in [0.05, 0.1) is 13.7 Å². The van der Waals surface area contributed by atoms with E-state index in [1.807, 2.05) is 4.90 Å². The van der Waals surface area contributed by atoms with Gasteiger partial charge in [-0.3, -0.25) is 4.79 Å². The molecular formula is C39H76N2O4. The highest BCUT2D eigenvalue weighted by atomic mass is 16.6. The van der Waals surface area contributed by atoms with Crippen LogP contribution in [0.2, 0.25) is 0 Å². The second-order valence-corrected chi connectivity index (χ2v) is 13.9. The SMILES string of the molecule is CCCCCCCCCCCCCCN(CCCCCCCCCCCC(=O)OC)CCC1CCCN(C(=O)OCCCC)C1. The van der Waals surface area contributed by atoms with Crippen molar-refractivity contribution < 1.29 is 19.1 Å². The molecule has 0 aliphatic carbocycles. The van der Waals surface area contributed by atoms with E-state index in [1.165, 1.54) is 162 Å². The molecule has 0 saturated carbocycles. The largest absolute Gasteiger partial charge is 0.469 e. The maximum atomic E-state index is 12.5. The van der Waals surface area contributed by atoms with Crippen molar-refractivity contribution >= 4 is 12.1 Å². The molecule has 45 heavy (non-hydrogen) atoms. The van der Waals surface area contributed by atoms with E-state index in [9.17, 15) is 9.59 Å². The number of likely N-dealkylation sites (tertiary alicyclic amines) is 1. The molecule has 1 saturated heterocycles. The predicted molar refractivity (Wildman–Crippen MR) is 191 cm³/mol. The lowest BCUT2D eigenvalue weighted by molar-refractivity contribution is -0.140. The summed E-state index contributed by atoms with van der Waals surface area (Å²) in [7, 11) is 1.47. The number of carbonyl (C=O) groups is 2. The number of ether oxygens (including phenoxy) is 2. The smallest absolute Gasteiger partial charge is 0.409 e. The first kappa shape index (κ1) is 41.7. The van der Waals surface area contributed by atoms with Gasteiger partial charge in [0.1, 0.15) is 0 Å². The minimum atomic E-state index is -0.0947. The van der Waals surface area contributed by atoms with Gasteiger partial charge in [0.25, 0.3) is 0 Å². The highest BCUT2D eigenvalue weighted by Crippen LogP contribution is 2.22. The van der Waals surface area contributed by atoms with Crippen LogP contribution in [0.1, 0.15) is 187 Å². The third-order valence-corrected chi connectivity index (χ3v) is 9.77. The normalized spacial score (nSPS) is 15.1. The second-order valence-electron chi connectivity index (χ2n) is 13.9. The van der Waals surface area contributed by atoms with Gasteiger partial charge in [-0.25, -0.2) is 4.79 Å². The number of nitrogens with zero attached hydrogens (tertiary/aromatic N) is 2. The van der Waals surface area contributed by atoms with Gasteiger partial charge < -0.3 is 19.3 Å². The fourth-order valence-electron chi connectivity index (χ4n) is 6.68. The lowest BCUT2D eigenvalue weighted by atomic mass is 9.94. The van der Waals surface area contributed by atoms with E-state index in [2.05, 4.69) is 18.7 Å². The molecule has 266 valence electrons. The fourth-order valence-corrected chi connectivity index (χ4v) is 6.68.